The summed E-state index contributed by atoms with van der Waals surface area (Å²) in [7, 11) is 0. The van der Waals surface area contributed by atoms with E-state index in [-0.39, 0.29) is 25.1 Å². The Balaban J connectivity index is 2.87. The second kappa shape index (κ2) is 7.25. The van der Waals surface area contributed by atoms with Crippen LogP contribution < -0.4 is 0 Å². The summed E-state index contributed by atoms with van der Waals surface area (Å²) in [4.78, 5) is 25.7. The first-order chi connectivity index (χ1) is 9.46. The molecule has 1 heterocycles. The molecule has 20 heavy (non-hydrogen) atoms. The summed E-state index contributed by atoms with van der Waals surface area (Å²) in [5.41, 5.74) is -1.07. The second-order valence-corrected chi connectivity index (χ2v) is 5.14. The van der Waals surface area contributed by atoms with Gasteiger partial charge in [0.1, 0.15) is 12.0 Å². The fraction of sp³-hybridized carbons (Fsp3) is 0.786. The Bertz CT molecular complexity index is 394. The number of hydrogen-bond acceptors (Lipinski definition) is 5. The molecule has 1 fully saturated rings. The van der Waals surface area contributed by atoms with Gasteiger partial charge in [-0.3, -0.25) is 9.59 Å². The molecule has 0 aliphatic carbocycles. The molecule has 6 heteroatoms. The van der Waals surface area contributed by atoms with Crippen LogP contribution in [0.3, 0.4) is 0 Å². The number of ether oxygens (including phenoxy) is 2. The maximum absolute atomic E-state index is 12.7. The van der Waals surface area contributed by atoms with E-state index in [0.717, 1.165) is 0 Å². The third-order valence-electron chi connectivity index (χ3n) is 3.46. The van der Waals surface area contributed by atoms with Crippen LogP contribution in [0, 0.1) is 16.7 Å². The molecule has 0 atom stereocenters. The zero-order valence-corrected chi connectivity index (χ0v) is 12.3. The Morgan fingerprint density at radius 2 is 2.00 bits per heavy atom. The average molecular weight is 282 g/mol. The molecule has 1 amide bonds. The summed E-state index contributed by atoms with van der Waals surface area (Å²) in [6.45, 7) is 6.30. The predicted octanol–water partition coefficient (Wildman–Crippen LogP) is 1.11. The topological polar surface area (TPSA) is 79.6 Å². The monoisotopic (exact) mass is 282 g/mol. The molecule has 0 saturated carbocycles. The number of hydrogen-bond donors (Lipinski definition) is 0. The van der Waals surface area contributed by atoms with Crippen molar-refractivity contribution in [1.82, 2.24) is 4.90 Å². The van der Waals surface area contributed by atoms with E-state index < -0.39 is 11.4 Å². The lowest BCUT2D eigenvalue weighted by Gasteiger charge is -2.36. The van der Waals surface area contributed by atoms with Gasteiger partial charge in [-0.15, -0.1) is 0 Å². The molecule has 1 saturated heterocycles. The lowest BCUT2D eigenvalue weighted by atomic mass is 9.80. The maximum Gasteiger partial charge on any atom is 0.325 e. The molecule has 0 radical (unpaired) electrons. The van der Waals surface area contributed by atoms with Crippen molar-refractivity contribution in [3.63, 3.8) is 0 Å². The molecule has 0 bridgehead atoms. The minimum Gasteiger partial charge on any atom is -0.465 e. The molecule has 0 aromatic heterocycles. The minimum absolute atomic E-state index is 0.116. The molecule has 0 N–H and O–H groups in total. The number of amides is 1. The molecule has 6 nitrogen and oxygen atoms in total. The van der Waals surface area contributed by atoms with Crippen LogP contribution in [0.4, 0.5) is 0 Å². The molecular formula is C14H22N2O4. The van der Waals surface area contributed by atoms with E-state index >= 15 is 0 Å². The maximum atomic E-state index is 12.7. The van der Waals surface area contributed by atoms with E-state index in [9.17, 15) is 14.9 Å². The molecule has 112 valence electrons. The van der Waals surface area contributed by atoms with Crippen LogP contribution in [0.25, 0.3) is 0 Å². The fourth-order valence-corrected chi connectivity index (χ4v) is 2.20. The lowest BCUT2D eigenvalue weighted by molar-refractivity contribution is -0.155. The van der Waals surface area contributed by atoms with E-state index in [1.165, 1.54) is 4.90 Å². The highest BCUT2D eigenvalue weighted by molar-refractivity contribution is 5.88. The Morgan fingerprint density at radius 3 is 2.45 bits per heavy atom. The van der Waals surface area contributed by atoms with E-state index in [1.807, 2.05) is 13.8 Å². The van der Waals surface area contributed by atoms with Gasteiger partial charge < -0.3 is 14.4 Å². The molecular weight excluding hydrogens is 260 g/mol. The average Bonchev–Trinajstić information content (AvgIpc) is 2.44. The molecule has 0 spiro atoms. The van der Waals surface area contributed by atoms with Gasteiger partial charge in [0.05, 0.1) is 12.7 Å². The van der Waals surface area contributed by atoms with Crippen LogP contribution in [0.5, 0.6) is 0 Å². The minimum atomic E-state index is -1.07. The van der Waals surface area contributed by atoms with Crippen molar-refractivity contribution in [3.05, 3.63) is 0 Å². The number of nitriles is 1. The van der Waals surface area contributed by atoms with E-state index in [0.29, 0.717) is 26.1 Å². The first-order valence-corrected chi connectivity index (χ1v) is 6.92. The Hall–Kier alpha value is -1.61. The number of esters is 1. The Labute approximate surface area is 119 Å². The largest absolute Gasteiger partial charge is 0.465 e. The first-order valence-electron chi connectivity index (χ1n) is 6.92. The van der Waals surface area contributed by atoms with Crippen LogP contribution in [0.2, 0.25) is 0 Å². The second-order valence-electron chi connectivity index (χ2n) is 5.14. The zero-order chi connectivity index (χ0) is 15.2. The molecule has 0 aromatic rings. The van der Waals surface area contributed by atoms with Gasteiger partial charge in [-0.1, -0.05) is 0 Å². The number of rotatable bonds is 5. The van der Waals surface area contributed by atoms with Gasteiger partial charge in [-0.05, 0) is 33.6 Å². The van der Waals surface area contributed by atoms with Crippen molar-refractivity contribution in [2.75, 3.05) is 26.4 Å². The van der Waals surface area contributed by atoms with Crippen molar-refractivity contribution in [1.29, 1.82) is 5.26 Å². The SMILES string of the molecule is CCOC(=O)CN(C(=O)C1(C#N)CCOCC1)C(C)C. The number of nitrogens with zero attached hydrogens (tertiary/aromatic N) is 2. The normalized spacial score (nSPS) is 17.4. The summed E-state index contributed by atoms with van der Waals surface area (Å²) in [6.07, 6.45) is 0.739. The molecule has 0 unspecified atom stereocenters. The van der Waals surface area contributed by atoms with Crippen molar-refractivity contribution in [2.24, 2.45) is 5.41 Å². The standard InChI is InChI=1S/C14H22N2O4/c1-4-20-12(17)9-16(11(2)3)13(18)14(10-15)5-7-19-8-6-14/h11H,4-9H2,1-3H3. The van der Waals surface area contributed by atoms with Crippen LogP contribution >= 0.6 is 0 Å². The van der Waals surface area contributed by atoms with Crippen LogP contribution in [0.1, 0.15) is 33.6 Å². The third-order valence-corrected chi connectivity index (χ3v) is 3.46. The van der Waals surface area contributed by atoms with Crippen molar-refractivity contribution in [2.45, 2.75) is 39.7 Å². The molecule has 1 aliphatic rings. The van der Waals surface area contributed by atoms with Crippen molar-refractivity contribution >= 4 is 11.9 Å². The smallest absolute Gasteiger partial charge is 0.325 e. The van der Waals surface area contributed by atoms with Gasteiger partial charge in [0, 0.05) is 19.3 Å². The van der Waals surface area contributed by atoms with E-state index in [2.05, 4.69) is 6.07 Å². The highest BCUT2D eigenvalue weighted by atomic mass is 16.5. The third kappa shape index (κ3) is 3.70. The van der Waals surface area contributed by atoms with Gasteiger partial charge in [-0.25, -0.2) is 0 Å². The summed E-state index contributed by atoms with van der Waals surface area (Å²) in [5.74, 6) is -0.749. The molecule has 0 aromatic carbocycles. The first kappa shape index (κ1) is 16.4. The molecule has 1 aliphatic heterocycles. The van der Waals surface area contributed by atoms with Gasteiger partial charge >= 0.3 is 5.97 Å². The van der Waals surface area contributed by atoms with Gasteiger partial charge in [-0.2, -0.15) is 5.26 Å². The fourth-order valence-electron chi connectivity index (χ4n) is 2.20. The number of carbonyl (C=O) groups is 2. The molecule has 1 rings (SSSR count). The predicted molar refractivity (Wildman–Crippen MR) is 71.6 cm³/mol. The Kier molecular flexibility index (Phi) is 5.96. The Morgan fingerprint density at radius 1 is 1.40 bits per heavy atom. The van der Waals surface area contributed by atoms with Crippen molar-refractivity contribution in [3.8, 4) is 6.07 Å². The van der Waals surface area contributed by atoms with Gasteiger partial charge in [0.15, 0.2) is 0 Å². The van der Waals surface area contributed by atoms with Crippen LogP contribution in [0.15, 0.2) is 0 Å². The summed E-state index contributed by atoms with van der Waals surface area (Å²) < 4.78 is 10.1. The summed E-state index contributed by atoms with van der Waals surface area (Å²) >= 11 is 0. The highest BCUT2D eigenvalue weighted by Crippen LogP contribution is 2.32. The van der Waals surface area contributed by atoms with E-state index in [1.54, 1.807) is 6.92 Å². The summed E-state index contributed by atoms with van der Waals surface area (Å²) in [6, 6.07) is 1.97. The zero-order valence-electron chi connectivity index (χ0n) is 12.3. The van der Waals surface area contributed by atoms with Crippen LogP contribution in [-0.4, -0.2) is 49.2 Å². The van der Waals surface area contributed by atoms with Crippen molar-refractivity contribution < 1.29 is 19.1 Å². The van der Waals surface area contributed by atoms with Gasteiger partial charge in [0.2, 0.25) is 5.91 Å². The highest BCUT2D eigenvalue weighted by Gasteiger charge is 2.44. The number of carbonyl (C=O) groups excluding carboxylic acids is 2. The quantitative estimate of drug-likeness (QED) is 0.706. The lowest BCUT2D eigenvalue weighted by Crippen LogP contribution is -2.50. The van der Waals surface area contributed by atoms with E-state index in [4.69, 9.17) is 9.47 Å². The summed E-state index contributed by atoms with van der Waals surface area (Å²) in [5, 5.41) is 9.41. The van der Waals surface area contributed by atoms with Crippen LogP contribution in [-0.2, 0) is 19.1 Å². The van der Waals surface area contributed by atoms with Gasteiger partial charge in [0.25, 0.3) is 0 Å².